The number of piperazine rings is 1. The molecule has 6 nitrogen and oxygen atoms in total. The third kappa shape index (κ3) is 5.05. The molecule has 0 unspecified atom stereocenters. The van der Waals surface area contributed by atoms with E-state index in [1.807, 2.05) is 9.80 Å². The van der Waals surface area contributed by atoms with Crippen molar-refractivity contribution in [3.8, 4) is 6.07 Å². The summed E-state index contributed by atoms with van der Waals surface area (Å²) in [4.78, 5) is 21.7. The van der Waals surface area contributed by atoms with Crippen LogP contribution in [0.3, 0.4) is 0 Å². The van der Waals surface area contributed by atoms with Crippen LogP contribution in [0, 0.1) is 11.3 Å². The highest BCUT2D eigenvalue weighted by molar-refractivity contribution is 7.16. The Morgan fingerprint density at radius 3 is 2.56 bits per heavy atom. The Morgan fingerprint density at radius 1 is 1.16 bits per heavy atom. The molecule has 2 aliphatic rings. The molecule has 1 amide bonds. The molecule has 0 saturated carbocycles. The zero-order valence-electron chi connectivity index (χ0n) is 17.5. The molecule has 0 bridgehead atoms. The number of fused-ring (bicyclic) bond motifs is 1. The summed E-state index contributed by atoms with van der Waals surface area (Å²) in [5.41, 5.74) is 0.945. The Labute approximate surface area is 188 Å². The van der Waals surface area contributed by atoms with Crippen LogP contribution in [-0.2, 0) is 23.8 Å². The molecular weight excluding hydrogens is 439 g/mol. The van der Waals surface area contributed by atoms with Gasteiger partial charge in [0.05, 0.1) is 17.7 Å². The SMILES string of the molecule is N#Cc1c(NC(=O)CN2CCN(c3ccc(C(F)(F)F)cn3)CC2)sc2c1CCCCC2. The molecule has 0 spiro atoms. The van der Waals surface area contributed by atoms with Crippen LogP contribution in [0.5, 0.6) is 0 Å². The van der Waals surface area contributed by atoms with E-state index in [1.165, 1.54) is 28.7 Å². The summed E-state index contributed by atoms with van der Waals surface area (Å²) >= 11 is 1.52. The third-order valence-corrected chi connectivity index (χ3v) is 7.13. The minimum absolute atomic E-state index is 0.154. The summed E-state index contributed by atoms with van der Waals surface area (Å²) in [6, 6.07) is 4.70. The zero-order chi connectivity index (χ0) is 22.7. The van der Waals surface area contributed by atoms with Gasteiger partial charge >= 0.3 is 6.18 Å². The number of nitriles is 1. The number of nitrogens with one attached hydrogen (secondary N) is 1. The average Bonchev–Trinajstić information content (AvgIpc) is 2.92. The highest BCUT2D eigenvalue weighted by atomic mass is 32.1. The molecule has 1 saturated heterocycles. The quantitative estimate of drug-likeness (QED) is 0.693. The first-order valence-electron chi connectivity index (χ1n) is 10.7. The molecule has 0 aromatic carbocycles. The van der Waals surface area contributed by atoms with Gasteiger partial charge in [-0.15, -0.1) is 11.3 Å². The number of aryl methyl sites for hydroxylation is 1. The number of halogens is 3. The smallest absolute Gasteiger partial charge is 0.354 e. The second-order valence-corrected chi connectivity index (χ2v) is 9.20. The van der Waals surface area contributed by atoms with E-state index in [9.17, 15) is 23.2 Å². The number of nitrogens with zero attached hydrogens (tertiary/aromatic N) is 4. The fraction of sp³-hybridized carbons (Fsp3) is 0.500. The molecule has 2 aromatic heterocycles. The van der Waals surface area contributed by atoms with Gasteiger partial charge in [0.15, 0.2) is 0 Å². The molecule has 1 N–H and O–H groups in total. The first-order chi connectivity index (χ1) is 15.3. The first kappa shape index (κ1) is 22.6. The summed E-state index contributed by atoms with van der Waals surface area (Å²) in [6.07, 6.45) is 1.67. The van der Waals surface area contributed by atoms with E-state index in [0.29, 0.717) is 42.6 Å². The van der Waals surface area contributed by atoms with Gasteiger partial charge in [-0.2, -0.15) is 18.4 Å². The highest BCUT2D eigenvalue weighted by Crippen LogP contribution is 2.37. The molecule has 10 heteroatoms. The fourth-order valence-electron chi connectivity index (χ4n) is 4.19. The Hall–Kier alpha value is -2.64. The second-order valence-electron chi connectivity index (χ2n) is 8.09. The molecule has 0 radical (unpaired) electrons. The fourth-order valence-corrected chi connectivity index (χ4v) is 5.45. The van der Waals surface area contributed by atoms with Crippen molar-refractivity contribution < 1.29 is 18.0 Å². The molecular formula is C22H24F3N5OS. The third-order valence-electron chi connectivity index (χ3n) is 5.92. The molecule has 4 rings (SSSR count). The van der Waals surface area contributed by atoms with E-state index < -0.39 is 11.7 Å². The van der Waals surface area contributed by atoms with E-state index in [2.05, 4.69) is 16.4 Å². The van der Waals surface area contributed by atoms with Gasteiger partial charge in [-0.3, -0.25) is 9.69 Å². The van der Waals surface area contributed by atoms with Crippen LogP contribution >= 0.6 is 11.3 Å². The van der Waals surface area contributed by atoms with Gasteiger partial charge in [-0.05, 0) is 43.4 Å². The van der Waals surface area contributed by atoms with Crippen LogP contribution in [0.2, 0.25) is 0 Å². The van der Waals surface area contributed by atoms with Crippen LogP contribution in [-0.4, -0.2) is 48.5 Å². The number of amides is 1. The predicted octanol–water partition coefficient (Wildman–Crippen LogP) is 4.06. The lowest BCUT2D eigenvalue weighted by molar-refractivity contribution is -0.137. The number of pyridine rings is 1. The highest BCUT2D eigenvalue weighted by Gasteiger charge is 2.31. The molecule has 3 heterocycles. The molecule has 32 heavy (non-hydrogen) atoms. The van der Waals surface area contributed by atoms with Gasteiger partial charge in [0.1, 0.15) is 16.9 Å². The Balaban J connectivity index is 1.31. The van der Waals surface area contributed by atoms with Crippen molar-refractivity contribution in [2.45, 2.75) is 38.3 Å². The van der Waals surface area contributed by atoms with Crippen molar-refractivity contribution in [3.05, 3.63) is 39.9 Å². The normalized spacial score (nSPS) is 17.4. The minimum atomic E-state index is -4.40. The predicted molar refractivity (Wildman–Crippen MR) is 117 cm³/mol. The number of hydrogen-bond acceptors (Lipinski definition) is 6. The van der Waals surface area contributed by atoms with Crippen molar-refractivity contribution in [3.63, 3.8) is 0 Å². The number of hydrogen-bond donors (Lipinski definition) is 1. The minimum Gasteiger partial charge on any atom is -0.354 e. The van der Waals surface area contributed by atoms with Gasteiger partial charge < -0.3 is 10.2 Å². The Kier molecular flexibility index (Phi) is 6.67. The van der Waals surface area contributed by atoms with Gasteiger partial charge in [-0.25, -0.2) is 4.98 Å². The lowest BCUT2D eigenvalue weighted by Crippen LogP contribution is -2.48. The summed E-state index contributed by atoms with van der Waals surface area (Å²) in [5, 5.41) is 13.2. The van der Waals surface area contributed by atoms with Crippen molar-refractivity contribution in [1.82, 2.24) is 9.88 Å². The first-order valence-corrected chi connectivity index (χ1v) is 11.5. The Bertz CT molecular complexity index is 1000. The van der Waals surface area contributed by atoms with Crippen LogP contribution in [0.15, 0.2) is 18.3 Å². The molecule has 1 fully saturated rings. The van der Waals surface area contributed by atoms with Crippen LogP contribution in [0.4, 0.5) is 24.0 Å². The number of carbonyl (C=O) groups is 1. The van der Waals surface area contributed by atoms with Gasteiger partial charge in [0.2, 0.25) is 5.91 Å². The van der Waals surface area contributed by atoms with E-state index in [0.717, 1.165) is 43.5 Å². The number of anilines is 2. The number of alkyl halides is 3. The van der Waals surface area contributed by atoms with Gasteiger partial charge in [-0.1, -0.05) is 6.42 Å². The van der Waals surface area contributed by atoms with E-state index >= 15 is 0 Å². The molecule has 1 aliphatic heterocycles. The number of carbonyl (C=O) groups excluding carboxylic acids is 1. The van der Waals surface area contributed by atoms with Gasteiger partial charge in [0, 0.05) is 37.3 Å². The standard InChI is InChI=1S/C22H24F3N5OS/c23-22(24,25)15-6-7-19(27-13-15)30-10-8-29(9-11-30)14-20(31)28-21-17(12-26)16-4-2-1-3-5-18(16)32-21/h6-7,13H,1-5,8-11,14H2,(H,28,31). The molecule has 0 atom stereocenters. The average molecular weight is 464 g/mol. The largest absolute Gasteiger partial charge is 0.417 e. The number of rotatable bonds is 4. The maximum atomic E-state index is 12.7. The summed E-state index contributed by atoms with van der Waals surface area (Å²) in [6.45, 7) is 2.55. The topological polar surface area (TPSA) is 72.3 Å². The summed E-state index contributed by atoms with van der Waals surface area (Å²) in [7, 11) is 0. The van der Waals surface area contributed by atoms with E-state index in [-0.39, 0.29) is 12.5 Å². The van der Waals surface area contributed by atoms with Crippen molar-refractivity contribution in [2.75, 3.05) is 42.9 Å². The van der Waals surface area contributed by atoms with Crippen LogP contribution in [0.1, 0.15) is 40.8 Å². The molecule has 170 valence electrons. The molecule has 2 aromatic rings. The number of aromatic nitrogens is 1. The lowest BCUT2D eigenvalue weighted by Gasteiger charge is -2.35. The summed E-state index contributed by atoms with van der Waals surface area (Å²) in [5.74, 6) is 0.347. The van der Waals surface area contributed by atoms with Gasteiger partial charge in [0.25, 0.3) is 0 Å². The van der Waals surface area contributed by atoms with Crippen molar-refractivity contribution in [1.29, 1.82) is 5.26 Å². The monoisotopic (exact) mass is 463 g/mol. The zero-order valence-corrected chi connectivity index (χ0v) is 18.4. The lowest BCUT2D eigenvalue weighted by atomic mass is 10.1. The van der Waals surface area contributed by atoms with Crippen molar-refractivity contribution >= 4 is 28.1 Å². The maximum Gasteiger partial charge on any atom is 0.417 e. The Morgan fingerprint density at radius 2 is 1.91 bits per heavy atom. The maximum absolute atomic E-state index is 12.7. The summed E-state index contributed by atoms with van der Waals surface area (Å²) < 4.78 is 38.1. The number of thiophene rings is 1. The van der Waals surface area contributed by atoms with E-state index in [1.54, 1.807) is 0 Å². The van der Waals surface area contributed by atoms with Crippen molar-refractivity contribution in [2.24, 2.45) is 0 Å². The van der Waals surface area contributed by atoms with Crippen LogP contribution in [0.25, 0.3) is 0 Å². The van der Waals surface area contributed by atoms with Crippen LogP contribution < -0.4 is 10.2 Å². The molecule has 1 aliphatic carbocycles. The van der Waals surface area contributed by atoms with E-state index in [4.69, 9.17) is 0 Å². The second kappa shape index (κ2) is 9.46.